The van der Waals surface area contributed by atoms with Crippen molar-refractivity contribution in [2.45, 2.75) is 24.2 Å². The van der Waals surface area contributed by atoms with E-state index >= 15 is 0 Å². The molecule has 3 aromatic carbocycles. The second-order valence-corrected chi connectivity index (χ2v) is 10.2. The summed E-state index contributed by atoms with van der Waals surface area (Å²) < 4.78 is 39.5. The van der Waals surface area contributed by atoms with Crippen LogP contribution in [0.4, 0.5) is 0 Å². The summed E-state index contributed by atoms with van der Waals surface area (Å²) in [6.07, 6.45) is 0.756. The first kappa shape index (κ1) is 22.4. The molecule has 1 saturated heterocycles. The molecular weight excluding hydrogens is 422 g/mol. The van der Waals surface area contributed by atoms with Gasteiger partial charge in [0.1, 0.15) is 11.5 Å². The van der Waals surface area contributed by atoms with Crippen LogP contribution in [0, 0.1) is 12.8 Å². The zero-order valence-electron chi connectivity index (χ0n) is 18.5. The molecule has 0 unspecified atom stereocenters. The number of rotatable bonds is 7. The smallest absolute Gasteiger partial charge is 0.243 e. The molecule has 0 aromatic heterocycles. The summed E-state index contributed by atoms with van der Waals surface area (Å²) >= 11 is 0. The highest BCUT2D eigenvalue weighted by molar-refractivity contribution is 7.89. The van der Waals surface area contributed by atoms with Gasteiger partial charge in [0.25, 0.3) is 0 Å². The lowest BCUT2D eigenvalue weighted by molar-refractivity contribution is 0.158. The normalized spacial score (nSPS) is 19.4. The van der Waals surface area contributed by atoms with Gasteiger partial charge in [0.2, 0.25) is 10.0 Å². The lowest BCUT2D eigenvalue weighted by atomic mass is 9.81. The number of aryl methyl sites for hydroxylation is 1. The fraction of sp³-hybridized carbons (Fsp3) is 0.308. The summed E-state index contributed by atoms with van der Waals surface area (Å²) in [7, 11) is -1.92. The maximum absolute atomic E-state index is 13.3. The van der Waals surface area contributed by atoms with Gasteiger partial charge < -0.3 is 9.47 Å². The van der Waals surface area contributed by atoms with E-state index in [1.54, 1.807) is 23.5 Å². The Labute approximate surface area is 190 Å². The van der Waals surface area contributed by atoms with E-state index < -0.39 is 10.0 Å². The van der Waals surface area contributed by atoms with Crippen LogP contribution in [0.5, 0.6) is 11.5 Å². The third-order valence-electron chi connectivity index (χ3n) is 6.11. The number of hydrogen-bond acceptors (Lipinski definition) is 4. The van der Waals surface area contributed by atoms with Gasteiger partial charge in [0.05, 0.1) is 18.6 Å². The van der Waals surface area contributed by atoms with Gasteiger partial charge in [-0.1, -0.05) is 48.0 Å². The molecule has 1 heterocycles. The number of benzene rings is 3. The van der Waals surface area contributed by atoms with Gasteiger partial charge in [0.15, 0.2) is 0 Å². The number of ether oxygens (including phenoxy) is 2. The van der Waals surface area contributed by atoms with E-state index in [0.29, 0.717) is 24.6 Å². The lowest BCUT2D eigenvalue weighted by Gasteiger charge is -2.38. The summed E-state index contributed by atoms with van der Waals surface area (Å²) in [6.45, 7) is 3.31. The van der Waals surface area contributed by atoms with Crippen LogP contribution in [0.25, 0.3) is 0 Å². The Morgan fingerprint density at radius 1 is 0.906 bits per heavy atom. The van der Waals surface area contributed by atoms with Crippen LogP contribution in [0.3, 0.4) is 0 Å². The van der Waals surface area contributed by atoms with Crippen LogP contribution < -0.4 is 9.47 Å². The fourth-order valence-corrected chi connectivity index (χ4v) is 5.77. The molecule has 0 saturated carbocycles. The minimum absolute atomic E-state index is 0.0356. The van der Waals surface area contributed by atoms with Gasteiger partial charge >= 0.3 is 0 Å². The molecule has 32 heavy (non-hydrogen) atoms. The average molecular weight is 452 g/mol. The number of hydrogen-bond donors (Lipinski definition) is 0. The number of sulfonamides is 1. The maximum atomic E-state index is 13.3. The second-order valence-electron chi connectivity index (χ2n) is 8.23. The Hall–Kier alpha value is -2.83. The summed E-state index contributed by atoms with van der Waals surface area (Å²) in [4.78, 5) is 0.344. The topological polar surface area (TPSA) is 55.8 Å². The second kappa shape index (κ2) is 9.76. The van der Waals surface area contributed by atoms with Gasteiger partial charge in [-0.05, 0) is 61.2 Å². The Morgan fingerprint density at radius 3 is 2.22 bits per heavy atom. The monoisotopic (exact) mass is 451 g/mol. The van der Waals surface area contributed by atoms with Gasteiger partial charge in [-0.2, -0.15) is 4.31 Å². The zero-order valence-corrected chi connectivity index (χ0v) is 19.3. The predicted octanol–water partition coefficient (Wildman–Crippen LogP) is 4.88. The maximum Gasteiger partial charge on any atom is 0.243 e. The molecule has 2 atom stereocenters. The molecule has 1 aliphatic heterocycles. The summed E-state index contributed by atoms with van der Waals surface area (Å²) in [5.41, 5.74) is 2.26. The Bertz CT molecular complexity index is 1110. The van der Waals surface area contributed by atoms with Crippen molar-refractivity contribution in [2.24, 2.45) is 5.92 Å². The van der Waals surface area contributed by atoms with E-state index in [1.807, 2.05) is 61.5 Å². The quantitative estimate of drug-likeness (QED) is 0.514. The van der Waals surface area contributed by atoms with Crippen molar-refractivity contribution in [3.05, 3.63) is 90.0 Å². The standard InChI is InChI=1S/C26H29NO4S/c1-20-8-14-25(15-9-20)32(28,29)27-17-16-26(21-6-4-3-5-7-21)22(18-27)19-31-24-12-10-23(30-2)11-13-24/h3-15,22,26H,16-19H2,1-2H3/t22-,26-/m1/s1. The van der Waals surface area contributed by atoms with Crippen LogP contribution in [-0.2, 0) is 10.0 Å². The van der Waals surface area contributed by atoms with E-state index in [0.717, 1.165) is 23.5 Å². The average Bonchev–Trinajstić information content (AvgIpc) is 2.83. The first-order valence-electron chi connectivity index (χ1n) is 10.9. The number of nitrogens with zero attached hydrogens (tertiary/aromatic N) is 1. The van der Waals surface area contributed by atoms with Crippen molar-refractivity contribution in [1.29, 1.82) is 0 Å². The summed E-state index contributed by atoms with van der Waals surface area (Å²) in [5, 5.41) is 0. The molecule has 5 nitrogen and oxygen atoms in total. The Morgan fingerprint density at radius 2 is 1.56 bits per heavy atom. The molecule has 0 radical (unpaired) electrons. The van der Waals surface area contributed by atoms with Crippen LogP contribution >= 0.6 is 0 Å². The molecule has 4 rings (SSSR count). The van der Waals surface area contributed by atoms with Crippen LogP contribution in [0.1, 0.15) is 23.5 Å². The molecule has 1 fully saturated rings. The molecule has 3 aromatic rings. The van der Waals surface area contributed by atoms with Crippen molar-refractivity contribution in [3.8, 4) is 11.5 Å². The van der Waals surface area contributed by atoms with Crippen LogP contribution in [0.2, 0.25) is 0 Å². The molecule has 0 N–H and O–H groups in total. The van der Waals surface area contributed by atoms with Crippen molar-refractivity contribution in [3.63, 3.8) is 0 Å². The number of methoxy groups -OCH3 is 1. The molecule has 6 heteroatoms. The molecule has 1 aliphatic rings. The highest BCUT2D eigenvalue weighted by Crippen LogP contribution is 2.35. The fourth-order valence-electron chi connectivity index (χ4n) is 4.26. The predicted molar refractivity (Wildman–Crippen MR) is 126 cm³/mol. The zero-order chi connectivity index (χ0) is 22.6. The third-order valence-corrected chi connectivity index (χ3v) is 7.99. The number of piperidine rings is 1. The van der Waals surface area contributed by atoms with E-state index in [4.69, 9.17) is 9.47 Å². The van der Waals surface area contributed by atoms with Gasteiger partial charge in [0, 0.05) is 19.0 Å². The Kier molecular flexibility index (Phi) is 6.82. The first-order chi connectivity index (χ1) is 15.5. The van der Waals surface area contributed by atoms with E-state index in [9.17, 15) is 8.42 Å². The molecule has 0 amide bonds. The largest absolute Gasteiger partial charge is 0.497 e. The highest BCUT2D eigenvalue weighted by Gasteiger charge is 2.36. The minimum Gasteiger partial charge on any atom is -0.497 e. The van der Waals surface area contributed by atoms with Crippen LogP contribution in [-0.4, -0.2) is 39.5 Å². The van der Waals surface area contributed by atoms with Crippen LogP contribution in [0.15, 0.2) is 83.8 Å². The van der Waals surface area contributed by atoms with Crippen molar-refractivity contribution in [1.82, 2.24) is 4.31 Å². The van der Waals surface area contributed by atoms with Crippen molar-refractivity contribution < 1.29 is 17.9 Å². The Balaban J connectivity index is 1.55. The van der Waals surface area contributed by atoms with E-state index in [-0.39, 0.29) is 11.8 Å². The highest BCUT2D eigenvalue weighted by atomic mass is 32.2. The minimum atomic E-state index is -3.55. The van der Waals surface area contributed by atoms with Crippen molar-refractivity contribution >= 4 is 10.0 Å². The SMILES string of the molecule is COc1ccc(OC[C@H]2CN(S(=O)(=O)c3ccc(C)cc3)CC[C@@H]2c2ccccc2)cc1. The molecule has 0 aliphatic carbocycles. The molecule has 0 bridgehead atoms. The van der Waals surface area contributed by atoms with Gasteiger partial charge in [-0.3, -0.25) is 0 Å². The molecular formula is C26H29NO4S. The van der Waals surface area contributed by atoms with E-state index in [1.165, 1.54) is 5.56 Å². The molecule has 168 valence electrons. The van der Waals surface area contributed by atoms with Gasteiger partial charge in [-0.15, -0.1) is 0 Å². The summed E-state index contributed by atoms with van der Waals surface area (Å²) in [5.74, 6) is 1.79. The first-order valence-corrected chi connectivity index (χ1v) is 12.3. The van der Waals surface area contributed by atoms with Crippen molar-refractivity contribution in [2.75, 3.05) is 26.8 Å². The summed E-state index contributed by atoms with van der Waals surface area (Å²) in [6, 6.07) is 24.8. The molecule has 0 spiro atoms. The third kappa shape index (κ3) is 4.97. The van der Waals surface area contributed by atoms with E-state index in [2.05, 4.69) is 12.1 Å². The van der Waals surface area contributed by atoms with Gasteiger partial charge in [-0.25, -0.2) is 8.42 Å². The lowest BCUT2D eigenvalue weighted by Crippen LogP contribution is -2.44.